The van der Waals surface area contributed by atoms with Crippen molar-refractivity contribution in [3.05, 3.63) is 84.7 Å². The van der Waals surface area contributed by atoms with Crippen molar-refractivity contribution in [2.45, 2.75) is 6.54 Å². The smallest absolute Gasteiger partial charge is 0.163 e. The molecule has 0 radical (unpaired) electrons. The summed E-state index contributed by atoms with van der Waals surface area (Å²) in [4.78, 5) is 15.9. The van der Waals surface area contributed by atoms with Gasteiger partial charge in [-0.25, -0.2) is 9.97 Å². The van der Waals surface area contributed by atoms with Crippen molar-refractivity contribution >= 4 is 16.7 Å². The Morgan fingerprint density at radius 2 is 1.64 bits per heavy atom. The van der Waals surface area contributed by atoms with Crippen LogP contribution in [0, 0.1) is 0 Å². The van der Waals surface area contributed by atoms with Gasteiger partial charge in [0.05, 0.1) is 5.52 Å². The Bertz CT molecular complexity index is 984. The first-order chi connectivity index (χ1) is 12.3. The van der Waals surface area contributed by atoms with Crippen LogP contribution < -0.4 is 4.90 Å². The molecule has 0 aliphatic rings. The molecule has 2 heterocycles. The van der Waals surface area contributed by atoms with E-state index >= 15 is 0 Å². The average Bonchev–Trinajstić information content (AvgIpc) is 2.68. The molecular formula is C21H18N4. The van der Waals surface area contributed by atoms with E-state index in [9.17, 15) is 0 Å². The lowest BCUT2D eigenvalue weighted by Crippen LogP contribution is -2.18. The summed E-state index contributed by atoms with van der Waals surface area (Å²) in [6, 6.07) is 22.4. The highest BCUT2D eigenvalue weighted by molar-refractivity contribution is 5.90. The zero-order valence-corrected chi connectivity index (χ0v) is 14.0. The van der Waals surface area contributed by atoms with Crippen LogP contribution in [0.5, 0.6) is 0 Å². The molecule has 0 unspecified atom stereocenters. The summed E-state index contributed by atoms with van der Waals surface area (Å²) >= 11 is 0. The van der Waals surface area contributed by atoms with Crippen molar-refractivity contribution < 1.29 is 0 Å². The van der Waals surface area contributed by atoms with Gasteiger partial charge < -0.3 is 4.90 Å². The largest absolute Gasteiger partial charge is 0.355 e. The summed E-state index contributed by atoms with van der Waals surface area (Å²) in [6.45, 7) is 0.786. The molecule has 0 N–H and O–H groups in total. The highest BCUT2D eigenvalue weighted by atomic mass is 15.2. The van der Waals surface area contributed by atoms with Gasteiger partial charge in [0, 0.05) is 36.9 Å². The molecule has 0 atom stereocenters. The highest BCUT2D eigenvalue weighted by Crippen LogP contribution is 2.27. The maximum atomic E-state index is 4.84. The maximum absolute atomic E-state index is 4.84. The molecule has 4 rings (SSSR count). The zero-order valence-electron chi connectivity index (χ0n) is 14.0. The number of nitrogens with zero attached hydrogens (tertiary/aromatic N) is 4. The van der Waals surface area contributed by atoms with Gasteiger partial charge in [0.15, 0.2) is 5.82 Å². The number of fused-ring (bicyclic) bond motifs is 1. The molecule has 122 valence electrons. The van der Waals surface area contributed by atoms with Gasteiger partial charge in [-0.3, -0.25) is 4.98 Å². The molecule has 0 fully saturated rings. The third-order valence-electron chi connectivity index (χ3n) is 4.13. The predicted octanol–water partition coefficient (Wildman–Crippen LogP) is 4.33. The van der Waals surface area contributed by atoms with E-state index in [4.69, 9.17) is 9.97 Å². The lowest BCUT2D eigenvalue weighted by atomic mass is 10.2. The standard InChI is InChI=1S/C21H18N4/c1-25(15-16-8-3-2-4-9-16)21-18-11-5-6-12-19(18)23-20(24-21)17-10-7-13-22-14-17/h2-14H,15H2,1H3. The number of rotatable bonds is 4. The van der Waals surface area contributed by atoms with E-state index < -0.39 is 0 Å². The minimum Gasteiger partial charge on any atom is -0.355 e. The lowest BCUT2D eigenvalue weighted by Gasteiger charge is -2.20. The molecule has 4 nitrogen and oxygen atoms in total. The van der Waals surface area contributed by atoms with Crippen molar-refractivity contribution in [2.75, 3.05) is 11.9 Å². The molecule has 2 aromatic heterocycles. The molecule has 0 aliphatic carbocycles. The Balaban J connectivity index is 1.81. The van der Waals surface area contributed by atoms with Crippen LogP contribution in [-0.4, -0.2) is 22.0 Å². The molecule has 0 spiro atoms. The molecule has 0 aliphatic heterocycles. The second-order valence-electron chi connectivity index (χ2n) is 5.97. The summed E-state index contributed by atoms with van der Waals surface area (Å²) in [6.07, 6.45) is 3.55. The lowest BCUT2D eigenvalue weighted by molar-refractivity contribution is 0.901. The molecular weight excluding hydrogens is 308 g/mol. The van der Waals surface area contributed by atoms with E-state index in [1.54, 1.807) is 12.4 Å². The second-order valence-corrected chi connectivity index (χ2v) is 5.97. The van der Waals surface area contributed by atoms with E-state index in [1.807, 2.05) is 36.4 Å². The topological polar surface area (TPSA) is 41.9 Å². The Morgan fingerprint density at radius 1 is 0.840 bits per heavy atom. The van der Waals surface area contributed by atoms with Gasteiger partial charge >= 0.3 is 0 Å². The number of hydrogen-bond donors (Lipinski definition) is 0. The van der Waals surface area contributed by atoms with Crippen LogP contribution in [-0.2, 0) is 6.54 Å². The molecule has 0 bridgehead atoms. The normalized spacial score (nSPS) is 10.8. The van der Waals surface area contributed by atoms with Crippen LogP contribution in [0.15, 0.2) is 79.1 Å². The van der Waals surface area contributed by atoms with Crippen molar-refractivity contribution in [1.82, 2.24) is 15.0 Å². The monoisotopic (exact) mass is 326 g/mol. The van der Waals surface area contributed by atoms with Crippen LogP contribution in [0.2, 0.25) is 0 Å². The van der Waals surface area contributed by atoms with Gasteiger partial charge in [-0.15, -0.1) is 0 Å². The third kappa shape index (κ3) is 3.19. The first kappa shape index (κ1) is 15.3. The van der Waals surface area contributed by atoms with Crippen molar-refractivity contribution in [3.8, 4) is 11.4 Å². The van der Waals surface area contributed by atoms with Gasteiger partial charge in [0.2, 0.25) is 0 Å². The molecule has 0 amide bonds. The predicted molar refractivity (Wildman–Crippen MR) is 101 cm³/mol. The number of benzene rings is 2. The first-order valence-corrected chi connectivity index (χ1v) is 8.23. The van der Waals surface area contributed by atoms with Gasteiger partial charge in [-0.2, -0.15) is 0 Å². The summed E-state index contributed by atoms with van der Waals surface area (Å²) in [5.74, 6) is 1.62. The zero-order chi connectivity index (χ0) is 17.1. The fraction of sp³-hybridized carbons (Fsp3) is 0.0952. The summed E-state index contributed by atoms with van der Waals surface area (Å²) in [5, 5.41) is 1.05. The van der Waals surface area contributed by atoms with E-state index in [2.05, 4.69) is 47.3 Å². The highest BCUT2D eigenvalue weighted by Gasteiger charge is 2.13. The summed E-state index contributed by atoms with van der Waals surface area (Å²) in [5.41, 5.74) is 3.10. The quantitative estimate of drug-likeness (QED) is 0.560. The van der Waals surface area contributed by atoms with Crippen LogP contribution in [0.3, 0.4) is 0 Å². The van der Waals surface area contributed by atoms with Crippen molar-refractivity contribution in [2.24, 2.45) is 0 Å². The van der Waals surface area contributed by atoms with Crippen molar-refractivity contribution in [3.63, 3.8) is 0 Å². The van der Waals surface area contributed by atoms with E-state index in [0.717, 1.165) is 28.8 Å². The second kappa shape index (κ2) is 6.69. The van der Waals surface area contributed by atoms with Crippen LogP contribution in [0.4, 0.5) is 5.82 Å². The number of aromatic nitrogens is 3. The number of para-hydroxylation sites is 1. The van der Waals surface area contributed by atoms with E-state index in [0.29, 0.717) is 5.82 Å². The fourth-order valence-electron chi connectivity index (χ4n) is 2.91. The molecule has 4 aromatic rings. The SMILES string of the molecule is CN(Cc1ccccc1)c1nc(-c2cccnc2)nc2ccccc12. The molecule has 0 saturated heterocycles. The summed E-state index contributed by atoms with van der Waals surface area (Å²) in [7, 11) is 2.06. The number of hydrogen-bond acceptors (Lipinski definition) is 4. The number of anilines is 1. The van der Waals surface area contributed by atoms with Crippen LogP contribution in [0.25, 0.3) is 22.3 Å². The first-order valence-electron chi connectivity index (χ1n) is 8.23. The Labute approximate surface area is 146 Å². The third-order valence-corrected chi connectivity index (χ3v) is 4.13. The molecule has 4 heteroatoms. The van der Waals surface area contributed by atoms with Gasteiger partial charge in [0.1, 0.15) is 5.82 Å². The molecule has 0 saturated carbocycles. The minimum atomic E-state index is 0.696. The molecule has 25 heavy (non-hydrogen) atoms. The van der Waals surface area contributed by atoms with Gasteiger partial charge in [-0.05, 0) is 29.8 Å². The van der Waals surface area contributed by atoms with E-state index in [1.165, 1.54) is 5.56 Å². The van der Waals surface area contributed by atoms with E-state index in [-0.39, 0.29) is 0 Å². The van der Waals surface area contributed by atoms with Crippen molar-refractivity contribution in [1.29, 1.82) is 0 Å². The Morgan fingerprint density at radius 3 is 2.44 bits per heavy atom. The minimum absolute atomic E-state index is 0.696. The van der Waals surface area contributed by atoms with Crippen LogP contribution >= 0.6 is 0 Å². The number of pyridine rings is 1. The molecule has 2 aromatic carbocycles. The Kier molecular flexibility index (Phi) is 4.09. The Hall–Kier alpha value is -3.27. The van der Waals surface area contributed by atoms with Gasteiger partial charge in [0.25, 0.3) is 0 Å². The van der Waals surface area contributed by atoms with Crippen LogP contribution in [0.1, 0.15) is 5.56 Å². The maximum Gasteiger partial charge on any atom is 0.163 e. The average molecular weight is 326 g/mol. The summed E-state index contributed by atoms with van der Waals surface area (Å²) < 4.78 is 0. The van der Waals surface area contributed by atoms with Gasteiger partial charge in [-0.1, -0.05) is 42.5 Å². The fourth-order valence-corrected chi connectivity index (χ4v) is 2.91.